The maximum atomic E-state index is 11.3. The van der Waals surface area contributed by atoms with Gasteiger partial charge in [-0.2, -0.15) is 0 Å². The highest BCUT2D eigenvalue weighted by molar-refractivity contribution is 6.30. The van der Waals surface area contributed by atoms with E-state index < -0.39 is 0 Å². The van der Waals surface area contributed by atoms with E-state index in [1.165, 1.54) is 6.08 Å². The minimum atomic E-state index is -0.154. The lowest BCUT2D eigenvalue weighted by Gasteiger charge is -2.09. The lowest BCUT2D eigenvalue weighted by Crippen LogP contribution is -2.21. The van der Waals surface area contributed by atoms with Crippen molar-refractivity contribution in [1.82, 2.24) is 5.32 Å². The van der Waals surface area contributed by atoms with Gasteiger partial charge in [0.05, 0.1) is 0 Å². The summed E-state index contributed by atoms with van der Waals surface area (Å²) in [5, 5.41) is 3.53. The molecule has 0 saturated carbocycles. The normalized spacial score (nSPS) is 11.0. The van der Waals surface area contributed by atoms with Gasteiger partial charge in [0.25, 0.3) is 0 Å². The zero-order chi connectivity index (χ0) is 15.8. The predicted molar refractivity (Wildman–Crippen MR) is 93.6 cm³/mol. The molecular formula is C19H18ClNO. The smallest absolute Gasteiger partial charge is 0.243 e. The third-order valence-electron chi connectivity index (χ3n) is 3.23. The topological polar surface area (TPSA) is 29.1 Å². The Hall–Kier alpha value is -2.32. The van der Waals surface area contributed by atoms with Gasteiger partial charge in [0, 0.05) is 11.6 Å². The summed E-state index contributed by atoms with van der Waals surface area (Å²) in [5.41, 5.74) is 3.39. The zero-order valence-corrected chi connectivity index (χ0v) is 13.0. The Bertz CT molecular complexity index is 660. The van der Waals surface area contributed by atoms with Crippen molar-refractivity contribution in [2.45, 2.75) is 6.42 Å². The van der Waals surface area contributed by atoms with Crippen molar-refractivity contribution >= 4 is 29.2 Å². The minimum absolute atomic E-state index is 0.154. The molecule has 0 bridgehead atoms. The molecule has 0 spiro atoms. The molecule has 2 rings (SSSR count). The number of rotatable bonds is 6. The number of benzene rings is 2. The first kappa shape index (κ1) is 16.1. The molecule has 1 amide bonds. The number of carbonyl (C=O) groups is 1. The van der Waals surface area contributed by atoms with E-state index in [-0.39, 0.29) is 5.91 Å². The molecule has 0 unspecified atom stereocenters. The van der Waals surface area contributed by atoms with Gasteiger partial charge in [0.2, 0.25) is 5.91 Å². The molecule has 0 saturated heterocycles. The van der Waals surface area contributed by atoms with Gasteiger partial charge in [-0.3, -0.25) is 4.79 Å². The summed E-state index contributed by atoms with van der Waals surface area (Å²) < 4.78 is 0. The minimum Gasteiger partial charge on any atom is -0.352 e. The van der Waals surface area contributed by atoms with Gasteiger partial charge in [-0.15, -0.1) is 0 Å². The molecule has 112 valence electrons. The zero-order valence-electron chi connectivity index (χ0n) is 12.3. The number of hydrogen-bond donors (Lipinski definition) is 1. The van der Waals surface area contributed by atoms with E-state index in [9.17, 15) is 4.79 Å². The molecule has 0 fully saturated rings. The van der Waals surface area contributed by atoms with Crippen LogP contribution in [0, 0.1) is 0 Å². The lowest BCUT2D eigenvalue weighted by atomic mass is 10.00. The second-order valence-electron chi connectivity index (χ2n) is 4.83. The Morgan fingerprint density at radius 2 is 1.77 bits per heavy atom. The number of halogens is 1. The SMILES string of the molecule is C=CC(=O)NCC/C(=C\c1ccc(Cl)cc1)c1ccccc1. The molecule has 0 atom stereocenters. The third-order valence-corrected chi connectivity index (χ3v) is 3.49. The average Bonchev–Trinajstić information content (AvgIpc) is 2.56. The highest BCUT2D eigenvalue weighted by atomic mass is 35.5. The summed E-state index contributed by atoms with van der Waals surface area (Å²) in [6.45, 7) is 4.02. The quantitative estimate of drug-likeness (QED) is 0.614. The first-order chi connectivity index (χ1) is 10.7. The van der Waals surface area contributed by atoms with Crippen molar-refractivity contribution < 1.29 is 4.79 Å². The van der Waals surface area contributed by atoms with Crippen LogP contribution in [0.1, 0.15) is 17.5 Å². The van der Waals surface area contributed by atoms with Crippen molar-refractivity contribution in [2.24, 2.45) is 0 Å². The van der Waals surface area contributed by atoms with Gasteiger partial charge >= 0.3 is 0 Å². The molecule has 2 aromatic rings. The van der Waals surface area contributed by atoms with E-state index in [0.717, 1.165) is 28.1 Å². The van der Waals surface area contributed by atoms with Crippen molar-refractivity contribution in [1.29, 1.82) is 0 Å². The van der Waals surface area contributed by atoms with Crippen molar-refractivity contribution in [3.63, 3.8) is 0 Å². The molecule has 22 heavy (non-hydrogen) atoms. The molecule has 2 nitrogen and oxygen atoms in total. The second kappa shape index (κ2) is 8.20. The van der Waals surface area contributed by atoms with Crippen LogP contribution in [0.5, 0.6) is 0 Å². The highest BCUT2D eigenvalue weighted by Gasteiger charge is 2.03. The van der Waals surface area contributed by atoms with E-state index in [1.54, 1.807) is 0 Å². The Morgan fingerprint density at radius 1 is 1.09 bits per heavy atom. The molecule has 0 aromatic heterocycles. The van der Waals surface area contributed by atoms with Gasteiger partial charge in [-0.05, 0) is 41.3 Å². The van der Waals surface area contributed by atoms with Crippen LogP contribution in [0.15, 0.2) is 67.3 Å². The van der Waals surface area contributed by atoms with Crippen molar-refractivity contribution in [3.8, 4) is 0 Å². The van der Waals surface area contributed by atoms with E-state index in [4.69, 9.17) is 11.6 Å². The predicted octanol–water partition coefficient (Wildman–Crippen LogP) is 4.57. The van der Waals surface area contributed by atoms with Gasteiger partial charge in [-0.1, -0.05) is 66.7 Å². The van der Waals surface area contributed by atoms with E-state index in [1.807, 2.05) is 42.5 Å². The third kappa shape index (κ3) is 4.90. The van der Waals surface area contributed by atoms with E-state index in [0.29, 0.717) is 6.54 Å². The molecule has 2 aromatic carbocycles. The van der Waals surface area contributed by atoms with E-state index >= 15 is 0 Å². The molecule has 0 aliphatic rings. The number of hydrogen-bond acceptors (Lipinski definition) is 1. The van der Waals surface area contributed by atoms with Gasteiger partial charge < -0.3 is 5.32 Å². The Labute approximate surface area is 136 Å². The fraction of sp³-hybridized carbons (Fsp3) is 0.105. The first-order valence-corrected chi connectivity index (χ1v) is 7.48. The first-order valence-electron chi connectivity index (χ1n) is 7.11. The van der Waals surface area contributed by atoms with Crippen LogP contribution >= 0.6 is 11.6 Å². The summed E-state index contributed by atoms with van der Waals surface area (Å²) in [7, 11) is 0. The van der Waals surface area contributed by atoms with Crippen LogP contribution in [-0.2, 0) is 4.79 Å². The van der Waals surface area contributed by atoms with Crippen LogP contribution in [0.25, 0.3) is 11.6 Å². The lowest BCUT2D eigenvalue weighted by molar-refractivity contribution is -0.116. The Morgan fingerprint density at radius 3 is 2.41 bits per heavy atom. The summed E-state index contributed by atoms with van der Waals surface area (Å²) in [6.07, 6.45) is 4.14. The fourth-order valence-electron chi connectivity index (χ4n) is 2.10. The van der Waals surface area contributed by atoms with Gasteiger partial charge in [0.15, 0.2) is 0 Å². The standard InChI is InChI=1S/C19H18ClNO/c1-2-19(22)21-13-12-17(16-6-4-3-5-7-16)14-15-8-10-18(20)11-9-15/h2-11,14H,1,12-13H2,(H,21,22)/b17-14+. The molecule has 3 heteroatoms. The maximum absolute atomic E-state index is 11.3. The average molecular weight is 312 g/mol. The van der Waals surface area contributed by atoms with Crippen LogP contribution < -0.4 is 5.32 Å². The molecule has 1 N–H and O–H groups in total. The fourth-order valence-corrected chi connectivity index (χ4v) is 2.23. The number of carbonyl (C=O) groups excluding carboxylic acids is 1. The van der Waals surface area contributed by atoms with Gasteiger partial charge in [-0.25, -0.2) is 0 Å². The van der Waals surface area contributed by atoms with Crippen LogP contribution in [0.3, 0.4) is 0 Å². The van der Waals surface area contributed by atoms with Gasteiger partial charge in [0.1, 0.15) is 0 Å². The van der Waals surface area contributed by atoms with Crippen LogP contribution in [0.4, 0.5) is 0 Å². The van der Waals surface area contributed by atoms with E-state index in [2.05, 4.69) is 30.1 Å². The Kier molecular flexibility index (Phi) is 5.99. The summed E-state index contributed by atoms with van der Waals surface area (Å²) >= 11 is 5.92. The highest BCUT2D eigenvalue weighted by Crippen LogP contribution is 2.22. The largest absolute Gasteiger partial charge is 0.352 e. The molecule has 0 radical (unpaired) electrons. The second-order valence-corrected chi connectivity index (χ2v) is 5.27. The molecule has 0 heterocycles. The Balaban J connectivity index is 2.19. The molecule has 0 aliphatic carbocycles. The number of nitrogens with one attached hydrogen (secondary N) is 1. The number of amides is 1. The molecule has 0 aliphatic heterocycles. The van der Waals surface area contributed by atoms with Crippen molar-refractivity contribution in [2.75, 3.05) is 6.54 Å². The monoisotopic (exact) mass is 311 g/mol. The van der Waals surface area contributed by atoms with Crippen LogP contribution in [-0.4, -0.2) is 12.5 Å². The summed E-state index contributed by atoms with van der Waals surface area (Å²) in [5.74, 6) is -0.154. The summed E-state index contributed by atoms with van der Waals surface area (Å²) in [4.78, 5) is 11.3. The van der Waals surface area contributed by atoms with Crippen molar-refractivity contribution in [3.05, 3.63) is 83.4 Å². The summed E-state index contributed by atoms with van der Waals surface area (Å²) in [6, 6.07) is 17.8. The molecular weight excluding hydrogens is 294 g/mol. The van der Waals surface area contributed by atoms with Crippen LogP contribution in [0.2, 0.25) is 5.02 Å². The maximum Gasteiger partial charge on any atom is 0.243 e.